The number of anilines is 1. The van der Waals surface area contributed by atoms with Crippen LogP contribution in [-0.2, 0) is 11.2 Å². The van der Waals surface area contributed by atoms with Crippen LogP contribution < -0.4 is 10.1 Å². The summed E-state index contributed by atoms with van der Waals surface area (Å²) in [5, 5.41) is 2.83. The van der Waals surface area contributed by atoms with Crippen molar-refractivity contribution in [3.8, 4) is 5.75 Å². The molecule has 0 fully saturated rings. The monoisotopic (exact) mass is 225 g/mol. The van der Waals surface area contributed by atoms with Crippen LogP contribution in [0.25, 0.3) is 0 Å². The number of alkyl halides is 1. The molecule has 1 aliphatic rings. The number of carbonyl (C=O) groups is 1. The molecule has 80 valence electrons. The van der Waals surface area contributed by atoms with Crippen molar-refractivity contribution < 1.29 is 9.53 Å². The van der Waals surface area contributed by atoms with Gasteiger partial charge in [-0.1, -0.05) is 12.1 Å². The van der Waals surface area contributed by atoms with E-state index in [4.69, 9.17) is 16.3 Å². The fourth-order valence-electron chi connectivity index (χ4n) is 1.65. The highest BCUT2D eigenvalue weighted by Gasteiger charge is 2.17. The van der Waals surface area contributed by atoms with E-state index in [9.17, 15) is 4.79 Å². The predicted molar refractivity (Wildman–Crippen MR) is 59.6 cm³/mol. The van der Waals surface area contributed by atoms with Gasteiger partial charge in [0.25, 0.3) is 0 Å². The lowest BCUT2D eigenvalue weighted by Crippen LogP contribution is -2.19. The Balaban J connectivity index is 2.27. The van der Waals surface area contributed by atoms with Gasteiger partial charge in [-0.15, -0.1) is 11.6 Å². The van der Waals surface area contributed by atoms with Crippen molar-refractivity contribution in [2.75, 3.05) is 17.8 Å². The fraction of sp³-hybridized carbons (Fsp3) is 0.364. The lowest BCUT2D eigenvalue weighted by molar-refractivity contribution is -0.116. The molecule has 1 N–H and O–H groups in total. The molecule has 0 radical (unpaired) electrons. The lowest BCUT2D eigenvalue weighted by atomic mass is 10.0. The summed E-state index contributed by atoms with van der Waals surface area (Å²) in [5.41, 5.74) is 1.93. The van der Waals surface area contributed by atoms with Gasteiger partial charge in [0.15, 0.2) is 0 Å². The zero-order chi connectivity index (χ0) is 10.7. The molecule has 1 aromatic carbocycles. The minimum Gasteiger partial charge on any atom is -0.490 e. The van der Waals surface area contributed by atoms with E-state index in [2.05, 4.69) is 5.32 Å². The van der Waals surface area contributed by atoms with Gasteiger partial charge in [0.1, 0.15) is 12.4 Å². The number of benzene rings is 1. The molecule has 15 heavy (non-hydrogen) atoms. The van der Waals surface area contributed by atoms with Crippen LogP contribution in [-0.4, -0.2) is 18.4 Å². The molecule has 0 aliphatic carbocycles. The number of carbonyl (C=O) groups excluding carboxylic acids is 1. The molecule has 0 unspecified atom stereocenters. The zero-order valence-corrected chi connectivity index (χ0v) is 9.01. The number of amides is 1. The largest absolute Gasteiger partial charge is 0.490 e. The van der Waals surface area contributed by atoms with Crippen molar-refractivity contribution in [3.63, 3.8) is 0 Å². The van der Waals surface area contributed by atoms with Crippen LogP contribution in [0, 0.1) is 0 Å². The van der Waals surface area contributed by atoms with Crippen molar-refractivity contribution >= 4 is 23.2 Å². The van der Waals surface area contributed by atoms with Crippen molar-refractivity contribution in [3.05, 3.63) is 23.8 Å². The third kappa shape index (κ3) is 2.23. The summed E-state index contributed by atoms with van der Waals surface area (Å²) in [6, 6.07) is 5.78. The summed E-state index contributed by atoms with van der Waals surface area (Å²) in [5.74, 6) is 1.20. The van der Waals surface area contributed by atoms with E-state index in [0.717, 1.165) is 17.7 Å². The highest BCUT2D eigenvalue weighted by atomic mass is 35.5. The molecule has 1 aliphatic heterocycles. The summed E-state index contributed by atoms with van der Waals surface area (Å²) in [6.07, 6.45) is 1.32. The first-order valence-corrected chi connectivity index (χ1v) is 5.45. The molecular formula is C11H12ClNO2. The van der Waals surface area contributed by atoms with Crippen LogP contribution in [0.5, 0.6) is 5.75 Å². The Hall–Kier alpha value is -1.22. The average molecular weight is 226 g/mol. The van der Waals surface area contributed by atoms with Gasteiger partial charge in [-0.25, -0.2) is 0 Å². The maximum Gasteiger partial charge on any atom is 0.224 e. The number of halogens is 1. The number of nitrogens with one attached hydrogen (secondary N) is 1. The Bertz CT molecular complexity index is 379. The molecular weight excluding hydrogens is 214 g/mol. The predicted octanol–water partition coefficient (Wildman–Crippen LogP) is 2.19. The second-order valence-electron chi connectivity index (χ2n) is 3.38. The summed E-state index contributed by atoms with van der Waals surface area (Å²) < 4.78 is 5.46. The normalized spacial score (nSPS) is 14.3. The van der Waals surface area contributed by atoms with Gasteiger partial charge >= 0.3 is 0 Å². The minimum atomic E-state index is 0.0458. The van der Waals surface area contributed by atoms with E-state index in [1.807, 2.05) is 18.2 Å². The van der Waals surface area contributed by atoms with Crippen LogP contribution >= 0.6 is 11.6 Å². The first kappa shape index (κ1) is 10.3. The van der Waals surface area contributed by atoms with Gasteiger partial charge in [0.05, 0.1) is 11.6 Å². The molecule has 2 rings (SSSR count). The number of rotatable bonds is 3. The van der Waals surface area contributed by atoms with Crippen molar-refractivity contribution in [1.29, 1.82) is 0 Å². The number of ether oxygens (including phenoxy) is 1. The number of hydrogen-bond donors (Lipinski definition) is 1. The number of para-hydroxylation sites is 1. The standard InChI is InChI=1S/C11H12ClNO2/c12-6-7-15-9-3-1-2-8-4-5-10(14)13-11(8)9/h1-3H,4-7H2,(H,13,14). The van der Waals surface area contributed by atoms with Gasteiger partial charge in [0, 0.05) is 6.42 Å². The molecule has 0 spiro atoms. The molecule has 1 amide bonds. The molecule has 1 aromatic rings. The third-order valence-electron chi connectivity index (χ3n) is 2.33. The second-order valence-corrected chi connectivity index (χ2v) is 3.75. The van der Waals surface area contributed by atoms with Crippen molar-refractivity contribution in [2.24, 2.45) is 0 Å². The van der Waals surface area contributed by atoms with Gasteiger partial charge in [-0.2, -0.15) is 0 Å². The number of hydrogen-bond acceptors (Lipinski definition) is 2. The Labute approximate surface area is 93.4 Å². The van der Waals surface area contributed by atoms with Crippen LogP contribution in [0.15, 0.2) is 18.2 Å². The van der Waals surface area contributed by atoms with E-state index in [1.165, 1.54) is 0 Å². The van der Waals surface area contributed by atoms with Crippen molar-refractivity contribution in [1.82, 2.24) is 0 Å². The van der Waals surface area contributed by atoms with Crippen LogP contribution in [0.2, 0.25) is 0 Å². The maximum atomic E-state index is 11.3. The quantitative estimate of drug-likeness (QED) is 0.801. The first-order chi connectivity index (χ1) is 7.31. The van der Waals surface area contributed by atoms with E-state index < -0.39 is 0 Å². The number of fused-ring (bicyclic) bond motifs is 1. The molecule has 3 nitrogen and oxygen atoms in total. The van der Waals surface area contributed by atoms with Gasteiger partial charge in [0.2, 0.25) is 5.91 Å². The van der Waals surface area contributed by atoms with E-state index in [1.54, 1.807) is 0 Å². The molecule has 1 heterocycles. The minimum absolute atomic E-state index is 0.0458. The average Bonchev–Trinajstić information content (AvgIpc) is 2.26. The molecule has 0 aromatic heterocycles. The van der Waals surface area contributed by atoms with Gasteiger partial charge in [-0.3, -0.25) is 4.79 Å². The highest BCUT2D eigenvalue weighted by Crippen LogP contribution is 2.32. The van der Waals surface area contributed by atoms with Crippen LogP contribution in [0.3, 0.4) is 0 Å². The van der Waals surface area contributed by atoms with E-state index in [-0.39, 0.29) is 5.91 Å². The molecule has 0 saturated carbocycles. The second kappa shape index (κ2) is 4.53. The van der Waals surface area contributed by atoms with Gasteiger partial charge in [-0.05, 0) is 18.1 Å². The fourth-order valence-corrected chi connectivity index (χ4v) is 1.72. The highest BCUT2D eigenvalue weighted by molar-refractivity contribution is 6.18. The maximum absolute atomic E-state index is 11.3. The Morgan fingerprint density at radius 2 is 2.27 bits per heavy atom. The lowest BCUT2D eigenvalue weighted by Gasteiger charge is -2.19. The molecule has 4 heteroatoms. The summed E-state index contributed by atoms with van der Waals surface area (Å²) >= 11 is 5.55. The SMILES string of the molecule is O=C1CCc2cccc(OCCCl)c2N1. The van der Waals surface area contributed by atoms with E-state index >= 15 is 0 Å². The summed E-state index contributed by atoms with van der Waals surface area (Å²) in [4.78, 5) is 11.3. The van der Waals surface area contributed by atoms with Crippen LogP contribution in [0.1, 0.15) is 12.0 Å². The zero-order valence-electron chi connectivity index (χ0n) is 8.25. The summed E-state index contributed by atoms with van der Waals surface area (Å²) in [6.45, 7) is 0.452. The molecule has 0 bridgehead atoms. The Morgan fingerprint density at radius 3 is 3.07 bits per heavy atom. The Kier molecular flexibility index (Phi) is 3.11. The van der Waals surface area contributed by atoms with Crippen LogP contribution in [0.4, 0.5) is 5.69 Å². The van der Waals surface area contributed by atoms with E-state index in [0.29, 0.717) is 24.7 Å². The smallest absolute Gasteiger partial charge is 0.224 e. The first-order valence-electron chi connectivity index (χ1n) is 4.92. The number of aryl methyl sites for hydroxylation is 1. The summed E-state index contributed by atoms with van der Waals surface area (Å²) in [7, 11) is 0. The third-order valence-corrected chi connectivity index (χ3v) is 2.49. The molecule has 0 atom stereocenters. The molecule has 0 saturated heterocycles. The topological polar surface area (TPSA) is 38.3 Å². The Morgan fingerprint density at radius 1 is 1.40 bits per heavy atom. The van der Waals surface area contributed by atoms with Gasteiger partial charge < -0.3 is 10.1 Å². The van der Waals surface area contributed by atoms with Crippen molar-refractivity contribution in [2.45, 2.75) is 12.8 Å².